The number of aryl methyl sites for hydroxylation is 1. The normalized spacial score (nSPS) is 21.7. The second kappa shape index (κ2) is 6.26. The first-order valence-corrected chi connectivity index (χ1v) is 7.16. The fraction of sp³-hybridized carbons (Fsp3) is 0.500. The number of carboxylic acids is 1. The predicted molar refractivity (Wildman–Crippen MR) is 78.0 cm³/mol. The lowest BCUT2D eigenvalue weighted by atomic mass is 9.97. The van der Waals surface area contributed by atoms with Crippen molar-refractivity contribution < 1.29 is 19.4 Å². The SMILES string of the molecule is CCOC1CC1C(=O)NC(C(=O)O)c1cccc(C)c1C. The van der Waals surface area contributed by atoms with Gasteiger partial charge in [-0.15, -0.1) is 0 Å². The Morgan fingerprint density at radius 1 is 1.43 bits per heavy atom. The molecular formula is C16H21NO4. The van der Waals surface area contributed by atoms with Gasteiger partial charge in [-0.25, -0.2) is 4.79 Å². The summed E-state index contributed by atoms with van der Waals surface area (Å²) < 4.78 is 5.37. The lowest BCUT2D eigenvalue weighted by molar-refractivity contribution is -0.142. The number of amides is 1. The molecule has 0 radical (unpaired) electrons. The third kappa shape index (κ3) is 3.42. The number of rotatable bonds is 6. The molecule has 1 aliphatic carbocycles. The summed E-state index contributed by atoms with van der Waals surface area (Å²) >= 11 is 0. The fourth-order valence-electron chi connectivity index (χ4n) is 2.45. The van der Waals surface area contributed by atoms with Gasteiger partial charge in [-0.2, -0.15) is 0 Å². The zero-order valence-corrected chi connectivity index (χ0v) is 12.6. The molecule has 0 bridgehead atoms. The second-order valence-corrected chi connectivity index (χ2v) is 5.40. The number of nitrogens with one attached hydrogen (secondary N) is 1. The van der Waals surface area contributed by atoms with Crippen LogP contribution in [0, 0.1) is 19.8 Å². The average molecular weight is 291 g/mol. The minimum Gasteiger partial charge on any atom is -0.479 e. The minimum absolute atomic E-state index is 0.0666. The number of carbonyl (C=O) groups is 2. The Bertz CT molecular complexity index is 555. The average Bonchev–Trinajstić information content (AvgIpc) is 3.19. The molecule has 1 aromatic carbocycles. The molecule has 0 aromatic heterocycles. The van der Waals surface area contributed by atoms with Crippen molar-refractivity contribution in [3.63, 3.8) is 0 Å². The van der Waals surface area contributed by atoms with Crippen molar-refractivity contribution in [1.29, 1.82) is 0 Å². The second-order valence-electron chi connectivity index (χ2n) is 5.40. The van der Waals surface area contributed by atoms with E-state index in [0.717, 1.165) is 11.1 Å². The summed E-state index contributed by atoms with van der Waals surface area (Å²) in [7, 11) is 0. The monoisotopic (exact) mass is 291 g/mol. The molecule has 1 saturated carbocycles. The number of carbonyl (C=O) groups excluding carboxylic acids is 1. The van der Waals surface area contributed by atoms with E-state index >= 15 is 0 Å². The Morgan fingerprint density at radius 3 is 2.76 bits per heavy atom. The molecule has 1 amide bonds. The molecule has 3 unspecified atom stereocenters. The van der Waals surface area contributed by atoms with Gasteiger partial charge in [0.25, 0.3) is 0 Å². The molecule has 21 heavy (non-hydrogen) atoms. The summed E-state index contributed by atoms with van der Waals surface area (Å²) in [5, 5.41) is 12.0. The molecule has 1 aliphatic rings. The summed E-state index contributed by atoms with van der Waals surface area (Å²) in [6.07, 6.45) is 0.599. The molecule has 2 rings (SSSR count). The number of ether oxygens (including phenoxy) is 1. The van der Waals surface area contributed by atoms with E-state index in [4.69, 9.17) is 4.74 Å². The lowest BCUT2D eigenvalue weighted by Gasteiger charge is -2.18. The highest BCUT2D eigenvalue weighted by Crippen LogP contribution is 2.34. The highest BCUT2D eigenvalue weighted by molar-refractivity contribution is 5.88. The fourth-order valence-corrected chi connectivity index (χ4v) is 2.45. The maximum Gasteiger partial charge on any atom is 0.330 e. The highest BCUT2D eigenvalue weighted by Gasteiger charge is 2.45. The number of carboxylic acid groups (broad SMARTS) is 1. The van der Waals surface area contributed by atoms with E-state index in [-0.39, 0.29) is 17.9 Å². The molecule has 1 fully saturated rings. The summed E-state index contributed by atoms with van der Waals surface area (Å²) in [6, 6.07) is 4.46. The molecule has 0 spiro atoms. The first-order chi connectivity index (χ1) is 9.95. The van der Waals surface area contributed by atoms with Crippen molar-refractivity contribution in [1.82, 2.24) is 5.32 Å². The van der Waals surface area contributed by atoms with Gasteiger partial charge in [0.05, 0.1) is 12.0 Å². The van der Waals surface area contributed by atoms with E-state index in [1.54, 1.807) is 12.1 Å². The number of benzene rings is 1. The standard InChI is InChI=1S/C16H21NO4/c1-4-21-13-8-12(13)15(18)17-14(16(19)20)11-7-5-6-9(2)10(11)3/h5-7,12-14H,4,8H2,1-3H3,(H,17,18)(H,19,20). The predicted octanol–water partition coefficient (Wildman–Crippen LogP) is 1.97. The van der Waals surface area contributed by atoms with E-state index in [2.05, 4.69) is 5.32 Å². The molecule has 0 aliphatic heterocycles. The molecule has 5 heteroatoms. The van der Waals surface area contributed by atoms with Gasteiger partial charge in [-0.05, 0) is 43.9 Å². The quantitative estimate of drug-likeness (QED) is 0.840. The van der Waals surface area contributed by atoms with Crippen LogP contribution in [0.4, 0.5) is 0 Å². The van der Waals surface area contributed by atoms with E-state index in [1.165, 1.54) is 0 Å². The molecule has 0 heterocycles. The van der Waals surface area contributed by atoms with Crippen molar-refractivity contribution in [2.24, 2.45) is 5.92 Å². The summed E-state index contributed by atoms with van der Waals surface area (Å²) in [5.41, 5.74) is 2.53. The van der Waals surface area contributed by atoms with Crippen molar-refractivity contribution >= 4 is 11.9 Å². The van der Waals surface area contributed by atoms with Gasteiger partial charge in [-0.3, -0.25) is 4.79 Å². The van der Waals surface area contributed by atoms with Crippen LogP contribution in [0.15, 0.2) is 18.2 Å². The van der Waals surface area contributed by atoms with Gasteiger partial charge in [-0.1, -0.05) is 18.2 Å². The van der Waals surface area contributed by atoms with E-state index in [9.17, 15) is 14.7 Å². The Hall–Kier alpha value is -1.88. The van der Waals surface area contributed by atoms with Gasteiger partial charge >= 0.3 is 5.97 Å². The van der Waals surface area contributed by atoms with Crippen LogP contribution < -0.4 is 5.32 Å². The zero-order chi connectivity index (χ0) is 15.6. The minimum atomic E-state index is -1.05. The summed E-state index contributed by atoms with van der Waals surface area (Å²) in [5.74, 6) is -1.52. The maximum atomic E-state index is 12.1. The number of hydrogen-bond acceptors (Lipinski definition) is 3. The molecule has 0 saturated heterocycles. The van der Waals surface area contributed by atoms with Gasteiger partial charge in [0, 0.05) is 6.61 Å². The summed E-state index contributed by atoms with van der Waals surface area (Å²) in [6.45, 7) is 6.23. The van der Waals surface area contributed by atoms with Crippen LogP contribution >= 0.6 is 0 Å². The number of aliphatic carboxylic acids is 1. The van der Waals surface area contributed by atoms with E-state index in [1.807, 2.05) is 26.8 Å². The van der Waals surface area contributed by atoms with Crippen LogP contribution in [-0.4, -0.2) is 29.7 Å². The van der Waals surface area contributed by atoms with E-state index in [0.29, 0.717) is 18.6 Å². The molecule has 114 valence electrons. The van der Waals surface area contributed by atoms with Crippen molar-refractivity contribution in [3.05, 3.63) is 34.9 Å². The van der Waals surface area contributed by atoms with Crippen LogP contribution in [0.25, 0.3) is 0 Å². The Balaban J connectivity index is 2.12. The van der Waals surface area contributed by atoms with Crippen LogP contribution in [-0.2, 0) is 14.3 Å². The molecule has 3 atom stereocenters. The van der Waals surface area contributed by atoms with Crippen molar-refractivity contribution in [2.75, 3.05) is 6.61 Å². The summed E-state index contributed by atoms with van der Waals surface area (Å²) in [4.78, 5) is 23.6. The lowest BCUT2D eigenvalue weighted by Crippen LogP contribution is -2.36. The van der Waals surface area contributed by atoms with Crippen LogP contribution in [0.3, 0.4) is 0 Å². The first kappa shape index (κ1) is 15.5. The maximum absolute atomic E-state index is 12.1. The third-order valence-electron chi connectivity index (χ3n) is 3.94. The highest BCUT2D eigenvalue weighted by atomic mass is 16.5. The Kier molecular flexibility index (Phi) is 4.63. The molecule has 1 aromatic rings. The van der Waals surface area contributed by atoms with Crippen LogP contribution in [0.5, 0.6) is 0 Å². The molecular weight excluding hydrogens is 270 g/mol. The Labute approximate surface area is 124 Å². The third-order valence-corrected chi connectivity index (χ3v) is 3.94. The van der Waals surface area contributed by atoms with Crippen molar-refractivity contribution in [3.8, 4) is 0 Å². The van der Waals surface area contributed by atoms with E-state index < -0.39 is 12.0 Å². The molecule has 2 N–H and O–H groups in total. The van der Waals surface area contributed by atoms with Crippen molar-refractivity contribution in [2.45, 2.75) is 39.3 Å². The van der Waals surface area contributed by atoms with Gasteiger partial charge in [0.1, 0.15) is 0 Å². The first-order valence-electron chi connectivity index (χ1n) is 7.16. The smallest absolute Gasteiger partial charge is 0.330 e. The zero-order valence-electron chi connectivity index (χ0n) is 12.6. The molecule has 5 nitrogen and oxygen atoms in total. The topological polar surface area (TPSA) is 75.6 Å². The van der Waals surface area contributed by atoms with Gasteiger partial charge in [0.15, 0.2) is 6.04 Å². The Morgan fingerprint density at radius 2 is 2.14 bits per heavy atom. The van der Waals surface area contributed by atoms with Gasteiger partial charge < -0.3 is 15.2 Å². The van der Waals surface area contributed by atoms with Gasteiger partial charge in [0.2, 0.25) is 5.91 Å². The van der Waals surface area contributed by atoms with Crippen LogP contribution in [0.1, 0.15) is 36.1 Å². The van der Waals surface area contributed by atoms with Crippen LogP contribution in [0.2, 0.25) is 0 Å². The largest absolute Gasteiger partial charge is 0.479 e. The number of hydrogen-bond donors (Lipinski definition) is 2.